The van der Waals surface area contributed by atoms with E-state index in [1.54, 1.807) is 17.0 Å². The Bertz CT molecular complexity index is 648. The van der Waals surface area contributed by atoms with Gasteiger partial charge in [-0.1, -0.05) is 15.9 Å². The molecule has 0 atom stereocenters. The predicted molar refractivity (Wildman–Crippen MR) is 102 cm³/mol. The van der Waals surface area contributed by atoms with Crippen molar-refractivity contribution in [3.63, 3.8) is 0 Å². The van der Waals surface area contributed by atoms with E-state index in [4.69, 9.17) is 14.2 Å². The third kappa shape index (κ3) is 6.20. The maximum Gasteiger partial charge on any atom is 0.410 e. The van der Waals surface area contributed by atoms with Gasteiger partial charge in [0, 0.05) is 17.6 Å². The number of esters is 1. The summed E-state index contributed by atoms with van der Waals surface area (Å²) >= 11 is 3.38. The second-order valence-corrected chi connectivity index (χ2v) is 8.30. The molecule has 0 aromatic heterocycles. The normalized spacial score (nSPS) is 15.5. The van der Waals surface area contributed by atoms with Gasteiger partial charge in [-0.2, -0.15) is 0 Å². The maximum absolute atomic E-state index is 12.1. The molecule has 0 N–H and O–H groups in total. The minimum absolute atomic E-state index is 0.258. The number of benzene rings is 1. The summed E-state index contributed by atoms with van der Waals surface area (Å²) in [4.78, 5) is 25.5. The van der Waals surface area contributed by atoms with Crippen LogP contribution in [0.15, 0.2) is 22.7 Å². The van der Waals surface area contributed by atoms with Crippen LogP contribution in [-0.2, 0) is 9.47 Å². The lowest BCUT2D eigenvalue weighted by molar-refractivity contribution is 0.0165. The number of methoxy groups -OCH3 is 1. The van der Waals surface area contributed by atoms with Crippen LogP contribution in [0.2, 0.25) is 0 Å². The first-order valence-corrected chi connectivity index (χ1v) is 9.47. The van der Waals surface area contributed by atoms with Gasteiger partial charge in [-0.3, -0.25) is 0 Å². The lowest BCUT2D eigenvalue weighted by Gasteiger charge is -2.33. The van der Waals surface area contributed by atoms with Crippen LogP contribution in [0.4, 0.5) is 4.79 Å². The van der Waals surface area contributed by atoms with Crippen molar-refractivity contribution < 1.29 is 23.8 Å². The van der Waals surface area contributed by atoms with E-state index in [0.717, 1.165) is 17.3 Å². The summed E-state index contributed by atoms with van der Waals surface area (Å²) < 4.78 is 16.8. The Morgan fingerprint density at radius 2 is 1.85 bits per heavy atom. The number of amides is 1. The van der Waals surface area contributed by atoms with Crippen LogP contribution in [-0.4, -0.2) is 49.4 Å². The van der Waals surface area contributed by atoms with Gasteiger partial charge in [0.25, 0.3) is 0 Å². The van der Waals surface area contributed by atoms with Crippen LogP contribution >= 0.6 is 15.9 Å². The summed E-state index contributed by atoms with van der Waals surface area (Å²) in [6, 6.07) is 5.19. The molecule has 7 heteroatoms. The molecule has 0 radical (unpaired) electrons. The van der Waals surface area contributed by atoms with Crippen LogP contribution in [0.25, 0.3) is 0 Å². The summed E-state index contributed by atoms with van der Waals surface area (Å²) in [5, 5.41) is 0. The SMILES string of the molecule is COC(=O)c1cc(Br)cc(OCC2CCN(C(=O)OC(C)(C)C)CC2)c1. The number of hydrogen-bond donors (Lipinski definition) is 0. The fraction of sp³-hybridized carbons (Fsp3) is 0.579. The van der Waals surface area contributed by atoms with Crippen LogP contribution < -0.4 is 4.74 Å². The molecule has 0 aliphatic carbocycles. The van der Waals surface area contributed by atoms with E-state index < -0.39 is 11.6 Å². The van der Waals surface area contributed by atoms with Crippen molar-refractivity contribution in [3.05, 3.63) is 28.2 Å². The molecule has 6 nitrogen and oxygen atoms in total. The molecule has 0 spiro atoms. The Labute approximate surface area is 162 Å². The van der Waals surface area contributed by atoms with Crippen molar-refractivity contribution in [1.82, 2.24) is 4.90 Å². The van der Waals surface area contributed by atoms with Crippen LogP contribution in [0.3, 0.4) is 0 Å². The first-order chi connectivity index (χ1) is 12.2. The molecular weight excluding hydrogens is 402 g/mol. The second kappa shape index (κ2) is 8.75. The molecule has 1 aromatic carbocycles. The van der Waals surface area contributed by atoms with Gasteiger partial charge in [0.15, 0.2) is 0 Å². The molecule has 26 heavy (non-hydrogen) atoms. The molecular formula is C19H26BrNO5. The topological polar surface area (TPSA) is 65.1 Å². The molecule has 144 valence electrons. The van der Waals surface area contributed by atoms with Crippen molar-refractivity contribution in [1.29, 1.82) is 0 Å². The number of ether oxygens (including phenoxy) is 3. The quantitative estimate of drug-likeness (QED) is 0.671. The Morgan fingerprint density at radius 3 is 2.42 bits per heavy atom. The highest BCUT2D eigenvalue weighted by molar-refractivity contribution is 9.10. The van der Waals surface area contributed by atoms with E-state index in [0.29, 0.717) is 36.9 Å². The number of carbonyl (C=O) groups excluding carboxylic acids is 2. The Hall–Kier alpha value is -1.76. The molecule has 1 aromatic rings. The van der Waals surface area contributed by atoms with Crippen molar-refractivity contribution in [2.24, 2.45) is 5.92 Å². The number of rotatable bonds is 4. The Balaban J connectivity index is 1.84. The van der Waals surface area contributed by atoms with E-state index in [1.165, 1.54) is 7.11 Å². The fourth-order valence-electron chi connectivity index (χ4n) is 2.70. The number of hydrogen-bond acceptors (Lipinski definition) is 5. The monoisotopic (exact) mass is 427 g/mol. The molecule has 0 saturated carbocycles. The van der Waals surface area contributed by atoms with E-state index in [9.17, 15) is 9.59 Å². The molecule has 1 saturated heterocycles. The summed E-state index contributed by atoms with van der Waals surface area (Å²) in [6.45, 7) is 7.47. The standard InChI is InChI=1S/C19H26BrNO5/c1-19(2,3)26-18(23)21-7-5-13(6-8-21)12-25-16-10-14(17(22)24-4)9-15(20)11-16/h9-11,13H,5-8,12H2,1-4H3. The highest BCUT2D eigenvalue weighted by Crippen LogP contribution is 2.25. The highest BCUT2D eigenvalue weighted by Gasteiger charge is 2.27. The average molecular weight is 428 g/mol. The third-order valence-corrected chi connectivity index (χ3v) is 4.50. The Morgan fingerprint density at radius 1 is 1.19 bits per heavy atom. The van der Waals surface area contributed by atoms with Crippen molar-refractivity contribution in [2.75, 3.05) is 26.8 Å². The first kappa shape index (κ1) is 20.6. The van der Waals surface area contributed by atoms with Crippen molar-refractivity contribution in [3.8, 4) is 5.75 Å². The lowest BCUT2D eigenvalue weighted by atomic mass is 9.98. The molecule has 1 aliphatic heterocycles. The number of carbonyl (C=O) groups is 2. The van der Waals surface area contributed by atoms with Gasteiger partial charge in [0.05, 0.1) is 19.3 Å². The Kier molecular flexibility index (Phi) is 6.92. The van der Waals surface area contributed by atoms with Gasteiger partial charge in [-0.25, -0.2) is 9.59 Å². The maximum atomic E-state index is 12.1. The zero-order valence-corrected chi connectivity index (χ0v) is 17.3. The molecule has 1 aliphatic rings. The van der Waals surface area contributed by atoms with Crippen molar-refractivity contribution >= 4 is 28.0 Å². The minimum atomic E-state index is -0.477. The van der Waals surface area contributed by atoms with E-state index in [1.807, 2.05) is 26.8 Å². The summed E-state index contributed by atoms with van der Waals surface area (Å²) in [5.41, 5.74) is -0.0358. The molecule has 1 amide bonds. The summed E-state index contributed by atoms with van der Waals surface area (Å²) in [7, 11) is 1.35. The lowest BCUT2D eigenvalue weighted by Crippen LogP contribution is -2.42. The number of piperidine rings is 1. The van der Waals surface area contributed by atoms with Gasteiger partial charge < -0.3 is 19.1 Å². The smallest absolute Gasteiger partial charge is 0.410 e. The number of nitrogens with zero attached hydrogens (tertiary/aromatic N) is 1. The second-order valence-electron chi connectivity index (χ2n) is 7.39. The van der Waals surface area contributed by atoms with Gasteiger partial charge in [-0.05, 0) is 57.7 Å². The zero-order chi connectivity index (χ0) is 19.3. The predicted octanol–water partition coefficient (Wildman–Crippen LogP) is 4.26. The van der Waals surface area contributed by atoms with Gasteiger partial charge in [0.1, 0.15) is 11.4 Å². The van der Waals surface area contributed by atoms with Crippen LogP contribution in [0.5, 0.6) is 5.75 Å². The molecule has 0 unspecified atom stereocenters. The largest absolute Gasteiger partial charge is 0.493 e. The molecule has 1 heterocycles. The third-order valence-electron chi connectivity index (χ3n) is 4.04. The zero-order valence-electron chi connectivity index (χ0n) is 15.7. The summed E-state index contributed by atoms with van der Waals surface area (Å²) in [6.07, 6.45) is 1.46. The molecule has 0 bridgehead atoms. The number of likely N-dealkylation sites (tertiary alicyclic amines) is 1. The highest BCUT2D eigenvalue weighted by atomic mass is 79.9. The van der Waals surface area contributed by atoms with E-state index in [-0.39, 0.29) is 6.09 Å². The number of halogens is 1. The first-order valence-electron chi connectivity index (χ1n) is 8.67. The average Bonchev–Trinajstić information content (AvgIpc) is 2.57. The van der Waals surface area contributed by atoms with E-state index >= 15 is 0 Å². The molecule has 2 rings (SSSR count). The summed E-state index contributed by atoms with van der Waals surface area (Å²) in [5.74, 6) is 0.574. The van der Waals surface area contributed by atoms with Gasteiger partial charge in [-0.15, -0.1) is 0 Å². The van der Waals surface area contributed by atoms with Gasteiger partial charge >= 0.3 is 12.1 Å². The minimum Gasteiger partial charge on any atom is -0.493 e. The van der Waals surface area contributed by atoms with Crippen LogP contribution in [0.1, 0.15) is 44.0 Å². The van der Waals surface area contributed by atoms with Gasteiger partial charge in [0.2, 0.25) is 0 Å². The molecule has 1 fully saturated rings. The van der Waals surface area contributed by atoms with Crippen LogP contribution in [0, 0.1) is 5.92 Å². The van der Waals surface area contributed by atoms with Crippen molar-refractivity contribution in [2.45, 2.75) is 39.2 Å². The fourth-order valence-corrected chi connectivity index (χ4v) is 3.18. The van der Waals surface area contributed by atoms with E-state index in [2.05, 4.69) is 15.9 Å².